The SMILES string of the molecule is O=C(NC1=C(O)CCc2ccc([N+](=O)[O-])cc21)c1ccc(Cl)c(Cl)c1.[Ac]. The normalized spacial score (nSPS) is 12.8. The van der Waals surface area contributed by atoms with E-state index in [-0.39, 0.29) is 71.8 Å². The maximum atomic E-state index is 12.5. The number of rotatable bonds is 3. The Morgan fingerprint density at radius 1 is 1.12 bits per heavy atom. The number of aliphatic hydroxyl groups is 1. The summed E-state index contributed by atoms with van der Waals surface area (Å²) in [5.74, 6) is -0.527. The summed E-state index contributed by atoms with van der Waals surface area (Å²) in [6, 6.07) is 8.78. The number of aryl methyl sites for hydroxylation is 1. The number of aliphatic hydroxyl groups excluding tert-OH is 1. The van der Waals surface area contributed by atoms with Gasteiger partial charge in [-0.1, -0.05) is 29.3 Å². The van der Waals surface area contributed by atoms with E-state index in [1.165, 1.54) is 30.3 Å². The van der Waals surface area contributed by atoms with Crippen molar-refractivity contribution in [2.75, 3.05) is 0 Å². The van der Waals surface area contributed by atoms with Crippen molar-refractivity contribution in [1.29, 1.82) is 0 Å². The van der Waals surface area contributed by atoms with Gasteiger partial charge in [0.25, 0.3) is 11.6 Å². The molecule has 26 heavy (non-hydrogen) atoms. The van der Waals surface area contributed by atoms with Gasteiger partial charge in [0, 0.05) is 73.7 Å². The van der Waals surface area contributed by atoms with Gasteiger partial charge in [-0.3, -0.25) is 14.9 Å². The van der Waals surface area contributed by atoms with Crippen molar-refractivity contribution in [1.82, 2.24) is 5.32 Å². The Kier molecular flexibility index (Phi) is 7.09. The van der Waals surface area contributed by atoms with Gasteiger partial charge in [0.2, 0.25) is 0 Å². The van der Waals surface area contributed by atoms with Gasteiger partial charge in [-0.05, 0) is 30.2 Å². The molecule has 2 aromatic rings. The molecule has 0 spiro atoms. The molecule has 0 aromatic heterocycles. The van der Waals surface area contributed by atoms with Gasteiger partial charge >= 0.3 is 0 Å². The molecule has 2 aromatic carbocycles. The van der Waals surface area contributed by atoms with Crippen LogP contribution in [0.25, 0.3) is 5.70 Å². The van der Waals surface area contributed by atoms with Crippen molar-refractivity contribution in [2.24, 2.45) is 0 Å². The Bertz CT molecular complexity index is 931. The average molecular weight is 606 g/mol. The summed E-state index contributed by atoms with van der Waals surface area (Å²) < 4.78 is 0. The third-order valence-electron chi connectivity index (χ3n) is 3.91. The van der Waals surface area contributed by atoms with Crippen LogP contribution in [-0.4, -0.2) is 15.9 Å². The maximum absolute atomic E-state index is 12.5. The predicted molar refractivity (Wildman–Crippen MR) is 94.9 cm³/mol. The van der Waals surface area contributed by atoms with Crippen molar-refractivity contribution in [3.8, 4) is 0 Å². The van der Waals surface area contributed by atoms with Crippen molar-refractivity contribution in [3.05, 3.63) is 79.0 Å². The van der Waals surface area contributed by atoms with Crippen molar-refractivity contribution >= 4 is 40.5 Å². The van der Waals surface area contributed by atoms with Crippen LogP contribution in [0.4, 0.5) is 5.69 Å². The van der Waals surface area contributed by atoms with Crippen LogP contribution in [0.2, 0.25) is 10.0 Å². The number of carbonyl (C=O) groups is 1. The Morgan fingerprint density at radius 3 is 2.50 bits per heavy atom. The van der Waals surface area contributed by atoms with E-state index in [2.05, 4.69) is 5.32 Å². The van der Waals surface area contributed by atoms with Crippen molar-refractivity contribution in [3.63, 3.8) is 0 Å². The molecular weight excluding hydrogens is 594 g/mol. The van der Waals surface area contributed by atoms with E-state index >= 15 is 0 Å². The predicted octanol–water partition coefficient (Wildman–Crippen LogP) is 4.50. The number of nitrogens with zero attached hydrogens (tertiary/aromatic N) is 1. The van der Waals surface area contributed by atoms with Crippen LogP contribution in [0.3, 0.4) is 0 Å². The number of nitro groups is 1. The van der Waals surface area contributed by atoms with Crippen LogP contribution < -0.4 is 5.32 Å². The molecule has 0 heterocycles. The van der Waals surface area contributed by atoms with E-state index in [0.717, 1.165) is 5.56 Å². The topological polar surface area (TPSA) is 92.5 Å². The first-order valence-corrected chi connectivity index (χ1v) is 8.08. The second-order valence-corrected chi connectivity index (χ2v) is 6.32. The number of nitrogens with one attached hydrogen (secondary N) is 1. The fraction of sp³-hybridized carbons (Fsp3) is 0.118. The molecular formula is C17H12AcCl2N2O4. The van der Waals surface area contributed by atoms with Crippen LogP contribution in [-0.2, 0) is 6.42 Å². The summed E-state index contributed by atoms with van der Waals surface area (Å²) in [5.41, 5.74) is 1.56. The zero-order valence-corrected chi connectivity index (χ0v) is 19.6. The van der Waals surface area contributed by atoms with E-state index < -0.39 is 10.8 Å². The molecule has 131 valence electrons. The number of allylic oxidation sites excluding steroid dienone is 1. The molecule has 0 saturated heterocycles. The largest absolute Gasteiger partial charge is 0.510 e. The van der Waals surface area contributed by atoms with Gasteiger partial charge in [0.15, 0.2) is 0 Å². The molecule has 2 N–H and O–H groups in total. The standard InChI is InChI=1S/C17H12Cl2N2O4.Ac/c18-13-5-2-10(7-14(13)19)17(23)20-16-12-8-11(21(24)25)4-1-9(12)3-6-15(16)22;/h1-2,4-5,7-8,22H,3,6H2,(H,20,23);. The Balaban J connectivity index is 0.00000243. The first-order valence-electron chi connectivity index (χ1n) is 7.33. The van der Waals surface area contributed by atoms with Gasteiger partial charge in [0.05, 0.1) is 20.7 Å². The first-order chi connectivity index (χ1) is 11.9. The monoisotopic (exact) mass is 605 g/mol. The minimum atomic E-state index is -0.523. The molecule has 1 aliphatic carbocycles. The van der Waals surface area contributed by atoms with Crippen LogP contribution in [0, 0.1) is 54.2 Å². The minimum absolute atomic E-state index is 0. The molecule has 0 bridgehead atoms. The van der Waals surface area contributed by atoms with E-state index in [1.54, 1.807) is 6.07 Å². The number of hydrogen-bond donors (Lipinski definition) is 2. The smallest absolute Gasteiger partial charge is 0.270 e. The van der Waals surface area contributed by atoms with Gasteiger partial charge in [-0.25, -0.2) is 0 Å². The van der Waals surface area contributed by atoms with Crippen LogP contribution in [0.1, 0.15) is 27.9 Å². The maximum Gasteiger partial charge on any atom is 0.270 e. The fourth-order valence-corrected chi connectivity index (χ4v) is 2.92. The zero-order chi connectivity index (χ0) is 18.1. The number of nitro benzene ring substituents is 1. The zero-order valence-electron chi connectivity index (χ0n) is 13.3. The molecule has 1 aliphatic rings. The molecule has 0 atom stereocenters. The van der Waals surface area contributed by atoms with E-state index in [9.17, 15) is 20.0 Å². The molecule has 6 nitrogen and oxygen atoms in total. The van der Waals surface area contributed by atoms with Crippen molar-refractivity contribution in [2.45, 2.75) is 12.8 Å². The summed E-state index contributed by atoms with van der Waals surface area (Å²) in [6.07, 6.45) is 0.868. The summed E-state index contributed by atoms with van der Waals surface area (Å²) in [7, 11) is 0. The molecule has 0 saturated carbocycles. The molecule has 0 fully saturated rings. The summed E-state index contributed by atoms with van der Waals surface area (Å²) in [4.78, 5) is 22.9. The number of hydrogen-bond acceptors (Lipinski definition) is 4. The molecule has 1 amide bonds. The van der Waals surface area contributed by atoms with Gasteiger partial charge in [-0.15, -0.1) is 0 Å². The van der Waals surface area contributed by atoms with Gasteiger partial charge in [-0.2, -0.15) is 0 Å². The van der Waals surface area contributed by atoms with E-state index in [1.807, 2.05) is 0 Å². The molecule has 1 radical (unpaired) electrons. The number of benzene rings is 2. The summed E-state index contributed by atoms with van der Waals surface area (Å²) >= 11 is 11.8. The summed E-state index contributed by atoms with van der Waals surface area (Å²) in [6.45, 7) is 0. The van der Waals surface area contributed by atoms with E-state index in [4.69, 9.17) is 23.2 Å². The Morgan fingerprint density at radius 2 is 1.85 bits per heavy atom. The molecule has 9 heteroatoms. The first kappa shape index (κ1) is 21.2. The van der Waals surface area contributed by atoms with Crippen LogP contribution >= 0.6 is 23.2 Å². The second kappa shape index (κ2) is 8.71. The minimum Gasteiger partial charge on any atom is -0.510 e. The number of non-ortho nitro benzene ring substituents is 1. The number of halogens is 2. The van der Waals surface area contributed by atoms with Crippen LogP contribution in [0.5, 0.6) is 0 Å². The number of amides is 1. The third-order valence-corrected chi connectivity index (χ3v) is 4.65. The Labute approximate surface area is 194 Å². The third kappa shape index (κ3) is 4.40. The number of carbonyl (C=O) groups excluding carboxylic acids is 1. The van der Waals surface area contributed by atoms with Crippen LogP contribution in [0.15, 0.2) is 42.2 Å². The van der Waals surface area contributed by atoms with Crippen molar-refractivity contribution < 1.29 is 58.9 Å². The average Bonchev–Trinajstić information content (AvgIpc) is 2.59. The molecule has 3 rings (SSSR count). The fourth-order valence-electron chi connectivity index (χ4n) is 2.62. The van der Waals surface area contributed by atoms with E-state index in [0.29, 0.717) is 23.4 Å². The van der Waals surface area contributed by atoms with Gasteiger partial charge in [0.1, 0.15) is 5.76 Å². The molecule has 0 aliphatic heterocycles. The number of fused-ring (bicyclic) bond motifs is 1. The van der Waals surface area contributed by atoms with Gasteiger partial charge < -0.3 is 10.4 Å². The molecule has 0 unspecified atom stereocenters. The second-order valence-electron chi connectivity index (χ2n) is 5.50. The summed E-state index contributed by atoms with van der Waals surface area (Å²) in [5, 5.41) is 24.4. The Hall–Kier alpha value is -1.13. The quantitative estimate of drug-likeness (QED) is 0.398.